The summed E-state index contributed by atoms with van der Waals surface area (Å²) < 4.78 is 4.83. The zero-order valence-electron chi connectivity index (χ0n) is 23.6. The molecule has 4 aromatic rings. The number of ketones is 1. The summed E-state index contributed by atoms with van der Waals surface area (Å²) in [4.78, 5) is 38.1. The highest BCUT2D eigenvalue weighted by atomic mass is 32.2. The van der Waals surface area contributed by atoms with Gasteiger partial charge in [0.25, 0.3) is 0 Å². The molecule has 5 heterocycles. The number of carbonyl (C=O) groups excluding carboxylic acids is 2. The molecule has 2 fully saturated rings. The lowest BCUT2D eigenvalue weighted by Gasteiger charge is -2.32. The molecule has 0 aliphatic carbocycles. The molecule has 41 heavy (non-hydrogen) atoms. The number of nitrogens with zero attached hydrogens (tertiary/aromatic N) is 5. The molecular formula is C31H35N7O2S. The van der Waals surface area contributed by atoms with Gasteiger partial charge in [0.05, 0.1) is 29.2 Å². The quantitative estimate of drug-likeness (QED) is 0.232. The van der Waals surface area contributed by atoms with Crippen LogP contribution in [0.4, 0.5) is 5.82 Å². The maximum Gasteiger partial charge on any atom is 0.241 e. The van der Waals surface area contributed by atoms with Crippen LogP contribution in [-0.4, -0.2) is 60.1 Å². The van der Waals surface area contributed by atoms with Crippen LogP contribution in [0.25, 0.3) is 28.0 Å². The van der Waals surface area contributed by atoms with Crippen LogP contribution in [-0.2, 0) is 4.79 Å². The molecule has 4 unspecified atom stereocenters. The molecule has 3 aromatic heterocycles. The van der Waals surface area contributed by atoms with E-state index in [1.165, 1.54) is 6.92 Å². The van der Waals surface area contributed by atoms with Crippen LogP contribution < -0.4 is 10.5 Å². The summed E-state index contributed by atoms with van der Waals surface area (Å²) in [5.41, 5.74) is 11.8. The van der Waals surface area contributed by atoms with E-state index in [2.05, 4.69) is 33.6 Å². The van der Waals surface area contributed by atoms with Crippen molar-refractivity contribution in [1.82, 2.24) is 29.2 Å². The third-order valence-electron chi connectivity index (χ3n) is 8.37. The molecule has 0 bridgehead atoms. The van der Waals surface area contributed by atoms with Gasteiger partial charge in [-0.3, -0.25) is 19.3 Å². The smallest absolute Gasteiger partial charge is 0.241 e. The molecule has 2 saturated heterocycles. The molecule has 9 nitrogen and oxygen atoms in total. The Balaban J connectivity index is 1.34. The van der Waals surface area contributed by atoms with Gasteiger partial charge in [-0.15, -0.1) is 0 Å². The number of rotatable bonds is 7. The molecule has 3 N–H and O–H groups in total. The number of likely N-dealkylation sites (tertiary alicyclic amines) is 1. The van der Waals surface area contributed by atoms with Crippen LogP contribution in [0.15, 0.2) is 54.9 Å². The van der Waals surface area contributed by atoms with E-state index < -0.39 is 0 Å². The van der Waals surface area contributed by atoms with Crippen LogP contribution in [0, 0.1) is 0 Å². The van der Waals surface area contributed by atoms with Crippen LogP contribution in [0.1, 0.15) is 68.4 Å². The summed E-state index contributed by atoms with van der Waals surface area (Å²) in [5, 5.41) is 4.50. The van der Waals surface area contributed by atoms with Crippen LogP contribution in [0.3, 0.4) is 0 Å². The summed E-state index contributed by atoms with van der Waals surface area (Å²) in [6.45, 7) is 5.72. The molecular weight excluding hydrogens is 534 g/mol. The van der Waals surface area contributed by atoms with Gasteiger partial charge in [-0.1, -0.05) is 55.3 Å². The lowest BCUT2D eigenvalue weighted by Crippen LogP contribution is -2.48. The van der Waals surface area contributed by atoms with Gasteiger partial charge in [0.2, 0.25) is 5.91 Å². The fourth-order valence-corrected chi connectivity index (χ4v) is 7.15. The number of carbonyl (C=O) groups is 2. The van der Waals surface area contributed by atoms with E-state index in [-0.39, 0.29) is 41.6 Å². The van der Waals surface area contributed by atoms with E-state index in [0.29, 0.717) is 23.3 Å². The Morgan fingerprint density at radius 2 is 1.90 bits per heavy atom. The second kappa shape index (κ2) is 11.3. The van der Waals surface area contributed by atoms with Gasteiger partial charge in [-0.2, -0.15) is 9.61 Å². The van der Waals surface area contributed by atoms with Gasteiger partial charge in [0.1, 0.15) is 5.82 Å². The predicted molar refractivity (Wildman–Crippen MR) is 162 cm³/mol. The molecule has 6 rings (SSSR count). The Hall–Kier alpha value is -3.76. The van der Waals surface area contributed by atoms with Crippen molar-refractivity contribution < 1.29 is 9.59 Å². The van der Waals surface area contributed by atoms with Crippen molar-refractivity contribution in [1.29, 1.82) is 0 Å². The number of nitrogens with two attached hydrogens (primary N) is 1. The molecule has 0 saturated carbocycles. The van der Waals surface area contributed by atoms with Gasteiger partial charge in [-0.25, -0.2) is 4.98 Å². The highest BCUT2D eigenvalue weighted by Gasteiger charge is 2.39. The topological polar surface area (TPSA) is 119 Å². The van der Waals surface area contributed by atoms with Crippen molar-refractivity contribution in [3.63, 3.8) is 0 Å². The second-order valence-corrected chi connectivity index (χ2v) is 12.1. The first-order valence-electron chi connectivity index (χ1n) is 14.2. The summed E-state index contributed by atoms with van der Waals surface area (Å²) >= 11 is 1.62. The number of pyridine rings is 1. The number of Topliss-reactive ketones (excluding diaryl/α,β-unsaturated/α-hetero) is 1. The molecule has 2 aliphatic rings. The molecule has 0 spiro atoms. The first-order valence-corrected chi connectivity index (χ1v) is 15.2. The van der Waals surface area contributed by atoms with Crippen molar-refractivity contribution >= 4 is 35.1 Å². The van der Waals surface area contributed by atoms with Crippen molar-refractivity contribution in [3.8, 4) is 22.4 Å². The Kier molecular flexibility index (Phi) is 7.52. The molecule has 10 heteroatoms. The van der Waals surface area contributed by atoms with Gasteiger partial charge in [-0.05, 0) is 45.6 Å². The maximum absolute atomic E-state index is 13.4. The number of fused-ring (bicyclic) bond motifs is 1. The normalized spacial score (nSPS) is 21.4. The zero-order valence-corrected chi connectivity index (χ0v) is 24.4. The molecule has 1 amide bonds. The second-order valence-electron chi connectivity index (χ2n) is 11.2. The van der Waals surface area contributed by atoms with Crippen molar-refractivity contribution in [3.05, 3.63) is 66.1 Å². The highest BCUT2D eigenvalue weighted by Crippen LogP contribution is 2.36. The van der Waals surface area contributed by atoms with Gasteiger partial charge in [0, 0.05) is 46.6 Å². The van der Waals surface area contributed by atoms with E-state index in [1.807, 2.05) is 48.7 Å². The maximum atomic E-state index is 13.4. The molecule has 0 radical (unpaired) electrons. The number of nitrogens with one attached hydrogen (secondary N) is 1. The molecule has 1 aromatic carbocycles. The lowest BCUT2D eigenvalue weighted by molar-refractivity contribution is -0.135. The minimum atomic E-state index is -0.149. The number of hydrogen-bond donors (Lipinski definition) is 2. The summed E-state index contributed by atoms with van der Waals surface area (Å²) in [5.74, 6) is 1.16. The third-order valence-corrected chi connectivity index (χ3v) is 9.26. The number of anilines is 1. The van der Waals surface area contributed by atoms with E-state index in [0.717, 1.165) is 47.4 Å². The molecule has 2 aliphatic heterocycles. The number of nitrogen functional groups attached to an aromatic ring is 1. The predicted octanol–water partition coefficient (Wildman–Crippen LogP) is 5.13. The lowest BCUT2D eigenvalue weighted by atomic mass is 9.92. The fraction of sp³-hybridized carbons (Fsp3) is 0.387. The average molecular weight is 570 g/mol. The Morgan fingerprint density at radius 1 is 1.10 bits per heavy atom. The number of benzene rings is 1. The van der Waals surface area contributed by atoms with E-state index in [4.69, 9.17) is 10.7 Å². The Morgan fingerprint density at radius 3 is 2.59 bits per heavy atom. The zero-order chi connectivity index (χ0) is 28.7. The minimum Gasteiger partial charge on any atom is -0.383 e. The number of aromatic nitrogens is 4. The van der Waals surface area contributed by atoms with Crippen molar-refractivity contribution in [2.75, 3.05) is 11.5 Å². The van der Waals surface area contributed by atoms with E-state index in [1.54, 1.807) is 22.7 Å². The Bertz CT molecular complexity index is 1580. The van der Waals surface area contributed by atoms with E-state index >= 15 is 0 Å². The van der Waals surface area contributed by atoms with Crippen molar-refractivity contribution in [2.45, 2.75) is 70.5 Å². The minimum absolute atomic E-state index is 0.0815. The van der Waals surface area contributed by atoms with E-state index in [9.17, 15) is 9.59 Å². The van der Waals surface area contributed by atoms with Crippen LogP contribution in [0.5, 0.6) is 0 Å². The highest BCUT2D eigenvalue weighted by molar-refractivity contribution is 7.97. The first kappa shape index (κ1) is 27.4. The SMILES string of the molecule is CC(=O)c1c(C(C)CC2CCC(C)N2C(=O)C2CCSN2)nc2c(-c3ccc(-c4ccccc4)nc3)cnn2c1N. The van der Waals surface area contributed by atoms with Crippen LogP contribution in [0.2, 0.25) is 0 Å². The fourth-order valence-electron chi connectivity index (χ4n) is 6.26. The standard InChI is InChI=1S/C31H35N7O2S/c1-18(15-23-11-9-19(2)37(23)31(40)26-13-14-41-36-26)28-27(20(3)39)29(32)38-30(35-28)24(17-34-38)22-10-12-25(33-16-22)21-7-5-4-6-8-21/h4-8,10,12,16-19,23,26,36H,9,11,13-15,32H2,1-3H3. The average Bonchev–Trinajstić information content (AvgIpc) is 3.74. The third kappa shape index (κ3) is 5.10. The monoisotopic (exact) mass is 569 g/mol. The summed E-state index contributed by atoms with van der Waals surface area (Å²) in [6, 6.07) is 14.1. The summed E-state index contributed by atoms with van der Waals surface area (Å²) in [7, 11) is 0. The van der Waals surface area contributed by atoms with Crippen LogP contribution >= 0.6 is 11.9 Å². The largest absolute Gasteiger partial charge is 0.383 e. The summed E-state index contributed by atoms with van der Waals surface area (Å²) in [6.07, 6.45) is 7.00. The van der Waals surface area contributed by atoms with Gasteiger partial charge in [0.15, 0.2) is 11.4 Å². The van der Waals surface area contributed by atoms with Gasteiger partial charge >= 0.3 is 0 Å². The first-order chi connectivity index (χ1) is 19.8. The Labute approximate surface area is 244 Å². The van der Waals surface area contributed by atoms with Gasteiger partial charge < -0.3 is 10.6 Å². The number of amides is 1. The molecule has 4 atom stereocenters. The molecule has 212 valence electrons. The van der Waals surface area contributed by atoms with Crippen molar-refractivity contribution in [2.24, 2.45) is 0 Å². The number of hydrogen-bond acceptors (Lipinski definition) is 8.